The SMILES string of the molecule is Clc1ccc(N2CCN(Cc3ccc(N4CCOCC4)nc3)CC2)c(Cl)c1.Clc1ccccc1. The van der Waals surface area contributed by atoms with Crippen molar-refractivity contribution in [3.63, 3.8) is 0 Å². The van der Waals surface area contributed by atoms with Gasteiger partial charge in [-0.15, -0.1) is 0 Å². The number of anilines is 2. The highest BCUT2D eigenvalue weighted by Crippen LogP contribution is 2.29. The summed E-state index contributed by atoms with van der Waals surface area (Å²) in [4.78, 5) is 11.7. The van der Waals surface area contributed by atoms with E-state index in [-0.39, 0.29) is 0 Å². The number of morpholine rings is 1. The lowest BCUT2D eigenvalue weighted by Crippen LogP contribution is -2.46. The van der Waals surface area contributed by atoms with Crippen LogP contribution in [-0.4, -0.2) is 62.4 Å². The minimum absolute atomic E-state index is 0.676. The van der Waals surface area contributed by atoms with Gasteiger partial charge in [-0.25, -0.2) is 4.98 Å². The maximum atomic E-state index is 6.35. The molecule has 2 fully saturated rings. The Labute approximate surface area is 216 Å². The fourth-order valence-electron chi connectivity index (χ4n) is 4.05. The van der Waals surface area contributed by atoms with Crippen molar-refractivity contribution in [1.29, 1.82) is 0 Å². The normalized spacial score (nSPS) is 16.7. The van der Waals surface area contributed by atoms with Crippen LogP contribution in [0.15, 0.2) is 66.9 Å². The minimum atomic E-state index is 0.676. The molecule has 34 heavy (non-hydrogen) atoms. The average molecular weight is 520 g/mol. The van der Waals surface area contributed by atoms with E-state index in [1.54, 1.807) is 0 Å². The van der Waals surface area contributed by atoms with E-state index >= 15 is 0 Å². The molecular weight excluding hydrogens is 491 g/mol. The molecule has 0 atom stereocenters. The van der Waals surface area contributed by atoms with Gasteiger partial charge in [0.05, 0.1) is 23.9 Å². The summed E-state index contributed by atoms with van der Waals surface area (Å²) in [5.41, 5.74) is 2.32. The van der Waals surface area contributed by atoms with Crippen LogP contribution in [0.5, 0.6) is 0 Å². The van der Waals surface area contributed by atoms with Crippen LogP contribution in [0.25, 0.3) is 0 Å². The molecule has 0 spiro atoms. The molecule has 3 aromatic rings. The molecule has 0 radical (unpaired) electrons. The van der Waals surface area contributed by atoms with Crippen LogP contribution in [0.2, 0.25) is 15.1 Å². The summed E-state index contributed by atoms with van der Waals surface area (Å²) in [6, 6.07) is 19.5. The number of benzene rings is 2. The van der Waals surface area contributed by atoms with Crippen LogP contribution in [0.4, 0.5) is 11.5 Å². The Bertz CT molecular complexity index is 1020. The van der Waals surface area contributed by atoms with Gasteiger partial charge in [-0.1, -0.05) is 59.1 Å². The molecule has 0 amide bonds. The van der Waals surface area contributed by atoms with Crippen LogP contribution < -0.4 is 9.80 Å². The van der Waals surface area contributed by atoms with E-state index in [4.69, 9.17) is 39.5 Å². The van der Waals surface area contributed by atoms with Gasteiger partial charge < -0.3 is 14.5 Å². The van der Waals surface area contributed by atoms with Crippen molar-refractivity contribution in [2.24, 2.45) is 0 Å². The highest BCUT2D eigenvalue weighted by molar-refractivity contribution is 6.36. The van der Waals surface area contributed by atoms with Gasteiger partial charge in [-0.2, -0.15) is 0 Å². The summed E-state index contributed by atoms with van der Waals surface area (Å²) >= 11 is 17.9. The number of hydrogen-bond donors (Lipinski definition) is 0. The molecule has 180 valence electrons. The smallest absolute Gasteiger partial charge is 0.128 e. The predicted octanol–water partition coefficient (Wildman–Crippen LogP) is 5.89. The molecule has 3 heterocycles. The van der Waals surface area contributed by atoms with Crippen LogP contribution >= 0.6 is 34.8 Å². The van der Waals surface area contributed by atoms with Gasteiger partial charge >= 0.3 is 0 Å². The van der Waals surface area contributed by atoms with Crippen molar-refractivity contribution in [3.05, 3.63) is 87.5 Å². The van der Waals surface area contributed by atoms with E-state index in [1.165, 1.54) is 5.56 Å². The fourth-order valence-corrected chi connectivity index (χ4v) is 4.72. The Morgan fingerprint density at radius 1 is 0.735 bits per heavy atom. The summed E-state index contributed by atoms with van der Waals surface area (Å²) in [5.74, 6) is 1.05. The third-order valence-electron chi connectivity index (χ3n) is 5.91. The molecule has 2 saturated heterocycles. The summed E-state index contributed by atoms with van der Waals surface area (Å²) in [6.45, 7) is 8.26. The van der Waals surface area contributed by atoms with Crippen molar-refractivity contribution < 1.29 is 4.74 Å². The summed E-state index contributed by atoms with van der Waals surface area (Å²) in [7, 11) is 0. The molecule has 5 nitrogen and oxygen atoms in total. The third kappa shape index (κ3) is 7.24. The van der Waals surface area contributed by atoms with E-state index in [0.29, 0.717) is 5.02 Å². The second-order valence-corrected chi connectivity index (χ2v) is 9.56. The van der Waals surface area contributed by atoms with Crippen molar-refractivity contribution in [2.45, 2.75) is 6.54 Å². The van der Waals surface area contributed by atoms with Gasteiger partial charge in [0.15, 0.2) is 0 Å². The van der Waals surface area contributed by atoms with Crippen molar-refractivity contribution in [3.8, 4) is 0 Å². The minimum Gasteiger partial charge on any atom is -0.378 e. The molecule has 0 saturated carbocycles. The molecule has 0 bridgehead atoms. The van der Waals surface area contributed by atoms with Gasteiger partial charge in [0, 0.05) is 62.1 Å². The van der Waals surface area contributed by atoms with Gasteiger partial charge in [0.2, 0.25) is 0 Å². The van der Waals surface area contributed by atoms with Gasteiger partial charge in [-0.05, 0) is 42.0 Å². The van der Waals surface area contributed by atoms with Crippen molar-refractivity contribution in [1.82, 2.24) is 9.88 Å². The number of rotatable bonds is 4. The first-order chi connectivity index (χ1) is 16.6. The van der Waals surface area contributed by atoms with Crippen LogP contribution in [0, 0.1) is 0 Å². The zero-order valence-corrected chi connectivity index (χ0v) is 21.3. The Kier molecular flexibility index (Phi) is 9.31. The molecule has 0 N–H and O–H groups in total. The molecule has 1 aromatic heterocycles. The molecule has 5 rings (SSSR count). The lowest BCUT2D eigenvalue weighted by Gasteiger charge is -2.36. The number of hydrogen-bond acceptors (Lipinski definition) is 5. The Morgan fingerprint density at radius 3 is 2.06 bits per heavy atom. The van der Waals surface area contributed by atoms with E-state index in [9.17, 15) is 0 Å². The second kappa shape index (κ2) is 12.6. The van der Waals surface area contributed by atoms with Crippen molar-refractivity contribution in [2.75, 3.05) is 62.3 Å². The average Bonchev–Trinajstić information content (AvgIpc) is 2.87. The molecule has 2 aliphatic rings. The summed E-state index contributed by atoms with van der Waals surface area (Å²) < 4.78 is 5.40. The quantitative estimate of drug-likeness (QED) is 0.429. The Hall–Kier alpha value is -2.02. The topological polar surface area (TPSA) is 31.8 Å². The summed E-state index contributed by atoms with van der Waals surface area (Å²) in [5, 5.41) is 2.19. The first-order valence-corrected chi connectivity index (χ1v) is 12.6. The largest absolute Gasteiger partial charge is 0.378 e. The molecule has 2 aliphatic heterocycles. The van der Waals surface area contributed by atoms with E-state index in [2.05, 4.69) is 31.8 Å². The van der Waals surface area contributed by atoms with Crippen LogP contribution in [-0.2, 0) is 11.3 Å². The monoisotopic (exact) mass is 518 g/mol. The number of aromatic nitrogens is 1. The zero-order valence-electron chi connectivity index (χ0n) is 19.0. The number of halogens is 3. The Morgan fingerprint density at radius 2 is 1.47 bits per heavy atom. The predicted molar refractivity (Wildman–Crippen MR) is 143 cm³/mol. The first-order valence-electron chi connectivity index (χ1n) is 11.5. The number of nitrogens with zero attached hydrogens (tertiary/aromatic N) is 4. The second-order valence-electron chi connectivity index (χ2n) is 8.28. The van der Waals surface area contributed by atoms with Gasteiger partial charge in [0.25, 0.3) is 0 Å². The van der Waals surface area contributed by atoms with E-state index in [1.807, 2.05) is 54.7 Å². The molecule has 0 aliphatic carbocycles. The summed E-state index contributed by atoms with van der Waals surface area (Å²) in [6.07, 6.45) is 2.01. The maximum Gasteiger partial charge on any atom is 0.128 e. The fraction of sp³-hybridized carbons (Fsp3) is 0.346. The first kappa shape index (κ1) is 25.1. The zero-order chi connectivity index (χ0) is 23.8. The van der Waals surface area contributed by atoms with Crippen LogP contribution in [0.1, 0.15) is 5.56 Å². The highest BCUT2D eigenvalue weighted by atomic mass is 35.5. The standard InChI is InChI=1S/C20H24Cl2N4O.C6H5Cl/c21-17-2-3-19(18(22)13-17)25-7-5-24(6-8-25)15-16-1-4-20(23-14-16)26-9-11-27-12-10-26;7-6-4-2-1-3-5-6/h1-4,13-14H,5-12,15H2;1-5H. The van der Waals surface area contributed by atoms with Crippen LogP contribution in [0.3, 0.4) is 0 Å². The van der Waals surface area contributed by atoms with Gasteiger partial charge in [-0.3, -0.25) is 4.90 Å². The highest BCUT2D eigenvalue weighted by Gasteiger charge is 2.19. The lowest BCUT2D eigenvalue weighted by molar-refractivity contribution is 0.122. The van der Waals surface area contributed by atoms with E-state index < -0.39 is 0 Å². The molecular formula is C26H29Cl3N4O. The number of pyridine rings is 1. The maximum absolute atomic E-state index is 6.35. The third-order valence-corrected chi connectivity index (χ3v) is 6.70. The molecule has 2 aromatic carbocycles. The lowest BCUT2D eigenvalue weighted by atomic mass is 10.2. The Balaban J connectivity index is 0.000000336. The van der Waals surface area contributed by atoms with Gasteiger partial charge in [0.1, 0.15) is 5.82 Å². The molecule has 8 heteroatoms. The number of ether oxygens (including phenoxy) is 1. The molecule has 0 unspecified atom stereocenters. The number of piperazine rings is 1. The van der Waals surface area contributed by atoms with Crippen molar-refractivity contribution >= 4 is 46.3 Å². The van der Waals surface area contributed by atoms with E-state index in [0.717, 1.165) is 80.6 Å².